The Morgan fingerprint density at radius 3 is 2.53 bits per heavy atom. The summed E-state index contributed by atoms with van der Waals surface area (Å²) >= 11 is 0. The van der Waals surface area contributed by atoms with Crippen LogP contribution in [0.15, 0.2) is 0 Å². The first-order valence-electron chi connectivity index (χ1n) is 5.95. The summed E-state index contributed by atoms with van der Waals surface area (Å²) in [6.45, 7) is 4.23. The molecule has 4 fully saturated rings. The smallest absolute Gasteiger partial charge is 0.100 e. The second kappa shape index (κ2) is 3.17. The number of fused-ring (bicyclic) bond motifs is 3. The Labute approximate surface area is 90.4 Å². The van der Waals surface area contributed by atoms with Crippen LogP contribution in [0.3, 0.4) is 0 Å². The summed E-state index contributed by atoms with van der Waals surface area (Å²) in [6, 6.07) is 0. The molecule has 0 spiro atoms. The fourth-order valence-corrected chi connectivity index (χ4v) is 3.52. The quantitative estimate of drug-likeness (QED) is 0.619. The summed E-state index contributed by atoms with van der Waals surface area (Å²) < 4.78 is 5.38. The topological polar surface area (TPSA) is 58.7 Å². The molecule has 4 rings (SSSR count). The van der Waals surface area contributed by atoms with Crippen LogP contribution in [0.2, 0.25) is 0 Å². The molecular formula is C11H20N2O2. The lowest BCUT2D eigenvalue weighted by Crippen LogP contribution is -2.73. The Morgan fingerprint density at radius 1 is 1.33 bits per heavy atom. The number of aliphatic hydroxyl groups is 1. The Bertz CT molecular complexity index is 257. The van der Waals surface area contributed by atoms with Gasteiger partial charge in [0.15, 0.2) is 0 Å². The predicted octanol–water partition coefficient (Wildman–Crippen LogP) is -0.439. The summed E-state index contributed by atoms with van der Waals surface area (Å²) in [7, 11) is 0. The van der Waals surface area contributed by atoms with Crippen LogP contribution in [0.4, 0.5) is 0 Å². The van der Waals surface area contributed by atoms with Crippen molar-refractivity contribution in [3.8, 4) is 0 Å². The maximum atomic E-state index is 10.9. The Morgan fingerprint density at radius 2 is 2.07 bits per heavy atom. The van der Waals surface area contributed by atoms with Gasteiger partial charge in [-0.1, -0.05) is 0 Å². The van der Waals surface area contributed by atoms with Crippen LogP contribution in [0.5, 0.6) is 0 Å². The van der Waals surface area contributed by atoms with Crippen molar-refractivity contribution in [3.05, 3.63) is 0 Å². The molecule has 2 unspecified atom stereocenters. The lowest BCUT2D eigenvalue weighted by molar-refractivity contribution is -0.155. The maximum Gasteiger partial charge on any atom is 0.100 e. The lowest BCUT2D eigenvalue weighted by Gasteiger charge is -2.56. The highest BCUT2D eigenvalue weighted by atomic mass is 16.5. The molecule has 4 heterocycles. The highest BCUT2D eigenvalue weighted by Crippen LogP contribution is 2.43. The number of hydrogen-bond acceptors (Lipinski definition) is 4. The Kier molecular flexibility index (Phi) is 2.12. The highest BCUT2D eigenvalue weighted by Gasteiger charge is 2.58. The fourth-order valence-electron chi connectivity index (χ4n) is 3.52. The minimum atomic E-state index is -0.708. The van der Waals surface area contributed by atoms with Gasteiger partial charge in [-0.05, 0) is 38.3 Å². The molecule has 0 amide bonds. The third-order valence-electron chi connectivity index (χ3n) is 4.64. The van der Waals surface area contributed by atoms with Crippen molar-refractivity contribution in [1.82, 2.24) is 4.90 Å². The van der Waals surface area contributed by atoms with Crippen molar-refractivity contribution in [1.29, 1.82) is 0 Å². The van der Waals surface area contributed by atoms with Crippen LogP contribution in [0.1, 0.15) is 19.3 Å². The zero-order valence-electron chi connectivity index (χ0n) is 9.11. The van der Waals surface area contributed by atoms with Gasteiger partial charge < -0.3 is 20.5 Å². The van der Waals surface area contributed by atoms with Crippen molar-refractivity contribution < 1.29 is 9.84 Å². The zero-order valence-corrected chi connectivity index (χ0v) is 9.11. The minimum absolute atomic E-state index is 0.384. The van der Waals surface area contributed by atoms with E-state index in [-0.39, 0.29) is 0 Å². The number of ether oxygens (including phenoxy) is 1. The first-order chi connectivity index (χ1) is 7.14. The molecule has 0 radical (unpaired) electrons. The molecule has 15 heavy (non-hydrogen) atoms. The van der Waals surface area contributed by atoms with Crippen molar-refractivity contribution >= 4 is 0 Å². The van der Waals surface area contributed by atoms with Gasteiger partial charge in [0, 0.05) is 13.2 Å². The van der Waals surface area contributed by atoms with Gasteiger partial charge in [-0.3, -0.25) is 0 Å². The largest absolute Gasteiger partial charge is 0.386 e. The molecule has 4 saturated heterocycles. The number of nitrogens with zero attached hydrogens (tertiary/aromatic N) is 1. The van der Waals surface area contributed by atoms with Crippen LogP contribution in [-0.4, -0.2) is 54.0 Å². The summed E-state index contributed by atoms with van der Waals surface area (Å²) in [5.41, 5.74) is 5.14. The van der Waals surface area contributed by atoms with Crippen molar-refractivity contribution in [2.45, 2.75) is 30.4 Å². The fraction of sp³-hybridized carbons (Fsp3) is 1.00. The molecule has 2 atom stereocenters. The molecule has 2 bridgehead atoms. The van der Waals surface area contributed by atoms with E-state index in [1.165, 1.54) is 0 Å². The second-order valence-electron chi connectivity index (χ2n) is 5.43. The second-order valence-corrected chi connectivity index (χ2v) is 5.43. The van der Waals surface area contributed by atoms with E-state index in [9.17, 15) is 5.11 Å². The number of nitrogens with two attached hydrogens (primary N) is 1. The maximum absolute atomic E-state index is 10.9. The number of rotatable bonds is 1. The third-order valence-corrected chi connectivity index (χ3v) is 4.64. The molecule has 86 valence electrons. The van der Waals surface area contributed by atoms with Crippen molar-refractivity contribution in [2.75, 3.05) is 32.8 Å². The van der Waals surface area contributed by atoms with E-state index >= 15 is 0 Å². The molecule has 4 heteroatoms. The molecule has 4 aliphatic rings. The van der Waals surface area contributed by atoms with Gasteiger partial charge in [0.05, 0.1) is 12.1 Å². The van der Waals surface area contributed by atoms with Gasteiger partial charge >= 0.3 is 0 Å². The average Bonchev–Trinajstić information content (AvgIpc) is 2.68. The van der Waals surface area contributed by atoms with Gasteiger partial charge in [-0.2, -0.15) is 0 Å². The van der Waals surface area contributed by atoms with E-state index in [1.54, 1.807) is 0 Å². The van der Waals surface area contributed by atoms with E-state index in [4.69, 9.17) is 10.5 Å². The highest BCUT2D eigenvalue weighted by molar-refractivity contribution is 5.13. The standard InChI is InChI=1S/C11H20N2O2/c12-10(3-6-15-8-10)11(14)7-13-4-1-9(11)2-5-13/h9,14H,1-8,12H2. The summed E-state index contributed by atoms with van der Waals surface area (Å²) in [5.74, 6) is 0.384. The third kappa shape index (κ3) is 1.29. The van der Waals surface area contributed by atoms with E-state index in [1.807, 2.05) is 0 Å². The van der Waals surface area contributed by atoms with Gasteiger partial charge in [-0.25, -0.2) is 0 Å². The van der Waals surface area contributed by atoms with Gasteiger partial charge in [0.1, 0.15) is 5.60 Å². The van der Waals surface area contributed by atoms with Gasteiger partial charge in [0.25, 0.3) is 0 Å². The molecule has 0 aromatic heterocycles. The van der Waals surface area contributed by atoms with Crippen molar-refractivity contribution in [3.63, 3.8) is 0 Å². The van der Waals surface area contributed by atoms with Crippen LogP contribution in [0, 0.1) is 5.92 Å². The van der Waals surface area contributed by atoms with E-state index in [2.05, 4.69) is 4.90 Å². The monoisotopic (exact) mass is 212 g/mol. The Balaban J connectivity index is 1.89. The number of hydrogen-bond donors (Lipinski definition) is 2. The summed E-state index contributed by atoms with van der Waals surface area (Å²) in [5, 5.41) is 10.9. The minimum Gasteiger partial charge on any atom is -0.386 e. The molecule has 3 N–H and O–H groups in total. The van der Waals surface area contributed by atoms with Crippen LogP contribution >= 0.6 is 0 Å². The molecule has 0 saturated carbocycles. The molecule has 0 aromatic rings. The summed E-state index contributed by atoms with van der Waals surface area (Å²) in [4.78, 5) is 2.34. The Hall–Kier alpha value is -0.160. The molecule has 4 aliphatic heterocycles. The van der Waals surface area contributed by atoms with E-state index < -0.39 is 11.1 Å². The molecular weight excluding hydrogens is 192 g/mol. The van der Waals surface area contributed by atoms with E-state index in [0.29, 0.717) is 19.1 Å². The zero-order chi connectivity index (χ0) is 10.5. The number of piperidine rings is 3. The normalized spacial score (nSPS) is 54.8. The summed E-state index contributed by atoms with van der Waals surface area (Å²) in [6.07, 6.45) is 2.98. The van der Waals surface area contributed by atoms with Crippen molar-refractivity contribution in [2.24, 2.45) is 11.7 Å². The SMILES string of the molecule is NC1(C2(O)CN3CCC2CC3)CCOC1. The first kappa shape index (κ1) is 10.0. The van der Waals surface area contributed by atoms with Crippen LogP contribution in [-0.2, 0) is 4.74 Å². The van der Waals surface area contributed by atoms with E-state index in [0.717, 1.165) is 38.9 Å². The molecule has 0 aromatic carbocycles. The predicted molar refractivity (Wildman–Crippen MR) is 56.5 cm³/mol. The lowest BCUT2D eigenvalue weighted by atomic mass is 9.65. The molecule has 0 aliphatic carbocycles. The first-order valence-corrected chi connectivity index (χ1v) is 5.95. The van der Waals surface area contributed by atoms with Gasteiger partial charge in [-0.15, -0.1) is 0 Å². The molecule has 4 nitrogen and oxygen atoms in total. The van der Waals surface area contributed by atoms with Crippen LogP contribution in [0.25, 0.3) is 0 Å². The van der Waals surface area contributed by atoms with Crippen LogP contribution < -0.4 is 5.73 Å². The van der Waals surface area contributed by atoms with Gasteiger partial charge in [0.2, 0.25) is 0 Å². The average molecular weight is 212 g/mol.